The summed E-state index contributed by atoms with van der Waals surface area (Å²) in [6.07, 6.45) is 0.536. The number of H-pyrrole nitrogens is 1. The number of hydrogen-bond acceptors (Lipinski definition) is 3. The summed E-state index contributed by atoms with van der Waals surface area (Å²) in [4.78, 5) is 32.8. The third-order valence-corrected chi connectivity index (χ3v) is 5.96. The van der Waals surface area contributed by atoms with Crippen LogP contribution >= 0.6 is 0 Å². The highest BCUT2D eigenvalue weighted by molar-refractivity contribution is 6.05. The van der Waals surface area contributed by atoms with E-state index in [0.29, 0.717) is 19.6 Å². The van der Waals surface area contributed by atoms with E-state index in [2.05, 4.69) is 11.1 Å². The van der Waals surface area contributed by atoms with Crippen LogP contribution in [0.2, 0.25) is 0 Å². The molecule has 1 saturated heterocycles. The van der Waals surface area contributed by atoms with Crippen LogP contribution in [0.1, 0.15) is 36.7 Å². The fraction of sp³-hybridized carbons (Fsp3) is 0.304. The number of amides is 3. The molecule has 1 aromatic heterocycles. The number of nitrogens with zero attached hydrogens (tertiary/aromatic N) is 2. The quantitative estimate of drug-likeness (QED) is 0.689. The van der Waals surface area contributed by atoms with Crippen molar-refractivity contribution in [1.29, 1.82) is 0 Å². The van der Waals surface area contributed by atoms with Gasteiger partial charge in [0.2, 0.25) is 0 Å². The van der Waals surface area contributed by atoms with Crippen molar-refractivity contribution in [2.75, 3.05) is 13.2 Å². The molecule has 0 saturated carbocycles. The first kappa shape index (κ1) is 17.8. The molecule has 2 aliphatic rings. The molecule has 1 N–H and O–H groups in total. The minimum absolute atomic E-state index is 0.107. The molecule has 0 radical (unpaired) electrons. The number of hydrogen-bond donors (Lipinski definition) is 1. The third-order valence-electron chi connectivity index (χ3n) is 5.96. The third kappa shape index (κ3) is 2.55. The number of urea groups is 1. The average Bonchev–Trinajstić information content (AvgIpc) is 3.22. The van der Waals surface area contributed by atoms with Crippen molar-refractivity contribution in [3.05, 3.63) is 65.4 Å². The molecule has 2 aromatic carbocycles. The second-order valence-electron chi connectivity index (χ2n) is 7.46. The standard InChI is InChI=1S/C23H23N3O3/c1-3-25-22(27)19-13-17-16-7-5-6-8-18(16)24-20(17)21(26(19)23(25)28)14-9-11-15(12-10-14)29-4-2/h5-12,19,21,24H,3-4,13H2,1-2H3/t19-,21+/m1/s1. The van der Waals surface area contributed by atoms with Crippen molar-refractivity contribution in [3.63, 3.8) is 0 Å². The predicted octanol–water partition coefficient (Wildman–Crippen LogP) is 3.86. The van der Waals surface area contributed by atoms with E-state index >= 15 is 0 Å². The Morgan fingerprint density at radius 3 is 2.55 bits per heavy atom. The van der Waals surface area contributed by atoms with E-state index in [4.69, 9.17) is 4.74 Å². The monoisotopic (exact) mass is 389 g/mol. The molecule has 1 fully saturated rings. The van der Waals surface area contributed by atoms with Gasteiger partial charge in [0.15, 0.2) is 0 Å². The smallest absolute Gasteiger partial charge is 0.328 e. The molecular weight excluding hydrogens is 366 g/mol. The largest absolute Gasteiger partial charge is 0.494 e. The molecule has 0 bridgehead atoms. The average molecular weight is 389 g/mol. The Balaban J connectivity index is 1.69. The number of fused-ring (bicyclic) bond motifs is 4. The van der Waals surface area contributed by atoms with Gasteiger partial charge in [-0.15, -0.1) is 0 Å². The summed E-state index contributed by atoms with van der Waals surface area (Å²) in [5, 5.41) is 1.12. The minimum atomic E-state index is -0.467. The van der Waals surface area contributed by atoms with Crippen molar-refractivity contribution in [2.24, 2.45) is 0 Å². The number of likely N-dealkylation sites (N-methyl/N-ethyl adjacent to an activating group) is 1. The van der Waals surface area contributed by atoms with E-state index in [1.807, 2.05) is 56.3 Å². The first-order chi connectivity index (χ1) is 14.1. The van der Waals surface area contributed by atoms with Crippen LogP contribution < -0.4 is 4.74 Å². The molecule has 148 valence electrons. The predicted molar refractivity (Wildman–Crippen MR) is 110 cm³/mol. The van der Waals surface area contributed by atoms with Crippen LogP contribution in [0, 0.1) is 0 Å². The van der Waals surface area contributed by atoms with E-state index in [0.717, 1.165) is 33.5 Å². The Hall–Kier alpha value is -3.28. The Labute approximate surface area is 169 Å². The number of aromatic amines is 1. The fourth-order valence-corrected chi connectivity index (χ4v) is 4.68. The Morgan fingerprint density at radius 1 is 1.07 bits per heavy atom. The molecule has 0 unspecified atom stereocenters. The molecule has 5 rings (SSSR count). The van der Waals surface area contributed by atoms with Gasteiger partial charge in [0.25, 0.3) is 5.91 Å². The molecule has 0 aliphatic carbocycles. The van der Waals surface area contributed by atoms with Crippen molar-refractivity contribution in [2.45, 2.75) is 32.4 Å². The fourth-order valence-electron chi connectivity index (χ4n) is 4.68. The number of imide groups is 1. The maximum absolute atomic E-state index is 13.2. The number of aromatic nitrogens is 1. The highest BCUT2D eigenvalue weighted by Gasteiger charge is 2.51. The lowest BCUT2D eigenvalue weighted by Gasteiger charge is -2.36. The second-order valence-corrected chi connectivity index (χ2v) is 7.46. The summed E-state index contributed by atoms with van der Waals surface area (Å²) in [5.41, 5.74) is 4.11. The van der Waals surface area contributed by atoms with Crippen LogP contribution in [0.4, 0.5) is 4.79 Å². The maximum Gasteiger partial charge on any atom is 0.328 e. The van der Waals surface area contributed by atoms with Gasteiger partial charge >= 0.3 is 6.03 Å². The van der Waals surface area contributed by atoms with E-state index < -0.39 is 6.04 Å². The van der Waals surface area contributed by atoms with Crippen LogP contribution in [0.3, 0.4) is 0 Å². The van der Waals surface area contributed by atoms with Crippen molar-refractivity contribution in [3.8, 4) is 5.75 Å². The van der Waals surface area contributed by atoms with Gasteiger partial charge in [-0.3, -0.25) is 14.6 Å². The zero-order chi connectivity index (χ0) is 20.1. The minimum Gasteiger partial charge on any atom is -0.494 e. The number of benzene rings is 2. The zero-order valence-electron chi connectivity index (χ0n) is 16.5. The van der Waals surface area contributed by atoms with Crippen LogP contribution in [-0.2, 0) is 11.2 Å². The molecule has 3 aromatic rings. The van der Waals surface area contributed by atoms with Gasteiger partial charge in [-0.1, -0.05) is 30.3 Å². The molecule has 2 atom stereocenters. The lowest BCUT2D eigenvalue weighted by molar-refractivity contribution is -0.128. The molecule has 3 amide bonds. The van der Waals surface area contributed by atoms with Gasteiger partial charge in [0.05, 0.1) is 6.61 Å². The Kier molecular flexibility index (Phi) is 4.08. The first-order valence-electron chi connectivity index (χ1n) is 10.1. The summed E-state index contributed by atoms with van der Waals surface area (Å²) in [5.74, 6) is 0.684. The second kappa shape index (κ2) is 6.65. The Morgan fingerprint density at radius 2 is 1.83 bits per heavy atom. The highest BCUT2D eigenvalue weighted by atomic mass is 16.5. The normalized spacial score (nSPS) is 20.9. The van der Waals surface area contributed by atoms with Crippen LogP contribution in [0.25, 0.3) is 10.9 Å². The SMILES string of the molecule is CCOc1ccc([C@H]2c3[nH]c4ccccc4c3C[C@@H]3C(=O)N(CC)C(=O)N23)cc1. The molecular formula is C23H23N3O3. The van der Waals surface area contributed by atoms with Crippen molar-refractivity contribution >= 4 is 22.8 Å². The summed E-state index contributed by atoms with van der Waals surface area (Å²) in [6, 6.07) is 14.9. The van der Waals surface area contributed by atoms with E-state index in [9.17, 15) is 9.59 Å². The molecule has 0 spiro atoms. The summed E-state index contributed by atoms with van der Waals surface area (Å²) >= 11 is 0. The molecule has 6 nitrogen and oxygen atoms in total. The number of ether oxygens (including phenoxy) is 1. The summed E-state index contributed by atoms with van der Waals surface area (Å²) < 4.78 is 5.57. The van der Waals surface area contributed by atoms with Crippen LogP contribution in [-0.4, -0.2) is 45.9 Å². The number of nitrogens with one attached hydrogen (secondary N) is 1. The van der Waals surface area contributed by atoms with Gasteiger partial charge in [-0.2, -0.15) is 0 Å². The van der Waals surface area contributed by atoms with E-state index in [-0.39, 0.29) is 18.0 Å². The summed E-state index contributed by atoms with van der Waals surface area (Å²) in [7, 11) is 0. The van der Waals surface area contributed by atoms with Crippen LogP contribution in [0.15, 0.2) is 48.5 Å². The van der Waals surface area contributed by atoms with Crippen LogP contribution in [0.5, 0.6) is 5.75 Å². The zero-order valence-corrected chi connectivity index (χ0v) is 16.5. The molecule has 29 heavy (non-hydrogen) atoms. The van der Waals surface area contributed by atoms with Crippen molar-refractivity contribution < 1.29 is 14.3 Å². The lowest BCUT2D eigenvalue weighted by atomic mass is 9.89. The van der Waals surface area contributed by atoms with Gasteiger partial charge in [0.1, 0.15) is 17.8 Å². The van der Waals surface area contributed by atoms with Gasteiger partial charge in [0, 0.05) is 29.6 Å². The van der Waals surface area contributed by atoms with E-state index in [1.54, 1.807) is 4.90 Å². The lowest BCUT2D eigenvalue weighted by Crippen LogP contribution is -2.44. The number of carbonyl (C=O) groups is 2. The van der Waals surface area contributed by atoms with Gasteiger partial charge in [-0.05, 0) is 43.2 Å². The first-order valence-corrected chi connectivity index (χ1v) is 10.1. The van der Waals surface area contributed by atoms with Crippen molar-refractivity contribution in [1.82, 2.24) is 14.8 Å². The number of para-hydroxylation sites is 1. The van der Waals surface area contributed by atoms with E-state index in [1.165, 1.54) is 4.90 Å². The summed E-state index contributed by atoms with van der Waals surface area (Å²) in [6.45, 7) is 4.77. The molecule has 6 heteroatoms. The number of rotatable bonds is 4. The van der Waals surface area contributed by atoms with Gasteiger partial charge < -0.3 is 9.72 Å². The Bertz CT molecular complexity index is 1100. The molecule has 2 aliphatic heterocycles. The highest BCUT2D eigenvalue weighted by Crippen LogP contribution is 2.44. The molecule has 3 heterocycles. The maximum atomic E-state index is 13.2. The van der Waals surface area contributed by atoms with Gasteiger partial charge in [-0.25, -0.2) is 4.79 Å². The topological polar surface area (TPSA) is 65.6 Å². The number of carbonyl (C=O) groups excluding carboxylic acids is 2.